The van der Waals surface area contributed by atoms with E-state index >= 15 is 0 Å². The molecule has 2 atom stereocenters. The van der Waals surface area contributed by atoms with E-state index in [1.54, 1.807) is 6.92 Å². The molecular weight excluding hydrogens is 327 g/mol. The number of amides is 1. The highest BCUT2D eigenvalue weighted by Gasteiger charge is 2.20. The topological polar surface area (TPSA) is 92.5 Å². The first-order valence-electron chi connectivity index (χ1n) is 7.78. The Bertz CT molecular complexity index is 777. The van der Waals surface area contributed by atoms with E-state index in [2.05, 4.69) is 5.32 Å². The number of carbonyl (C=O) groups excluding carboxylic acids is 1. The van der Waals surface area contributed by atoms with Gasteiger partial charge in [-0.25, -0.2) is 4.39 Å². The van der Waals surface area contributed by atoms with Gasteiger partial charge in [0.15, 0.2) is 0 Å². The minimum absolute atomic E-state index is 0.119. The molecule has 132 valence electrons. The number of carbonyl (C=O) groups is 1. The van der Waals surface area contributed by atoms with E-state index < -0.39 is 22.8 Å². The zero-order valence-corrected chi connectivity index (χ0v) is 13.9. The van der Waals surface area contributed by atoms with Gasteiger partial charge in [0.2, 0.25) is 0 Å². The van der Waals surface area contributed by atoms with Crippen LogP contribution in [0, 0.1) is 22.9 Å². The van der Waals surface area contributed by atoms with Crippen LogP contribution in [0.4, 0.5) is 10.1 Å². The summed E-state index contributed by atoms with van der Waals surface area (Å²) in [4.78, 5) is 22.8. The Hall–Kier alpha value is -2.80. The van der Waals surface area contributed by atoms with E-state index in [9.17, 15) is 24.4 Å². The number of hydrogen-bond donors (Lipinski definition) is 2. The van der Waals surface area contributed by atoms with Crippen LogP contribution in [0.3, 0.4) is 0 Å². The number of benzene rings is 2. The maximum atomic E-state index is 12.9. The third kappa shape index (κ3) is 4.60. The normalized spacial score (nSPS) is 13.1. The summed E-state index contributed by atoms with van der Waals surface area (Å²) in [6, 6.07) is 9.42. The summed E-state index contributed by atoms with van der Waals surface area (Å²) in [7, 11) is 0. The Morgan fingerprint density at radius 2 is 1.92 bits per heavy atom. The fraction of sp³-hybridized carbons (Fsp3) is 0.278. The molecule has 0 unspecified atom stereocenters. The molecule has 2 aromatic carbocycles. The summed E-state index contributed by atoms with van der Waals surface area (Å²) >= 11 is 0. The number of nitrogens with zero attached hydrogens (tertiary/aromatic N) is 1. The molecule has 0 radical (unpaired) electrons. The number of halogens is 1. The van der Waals surface area contributed by atoms with Crippen LogP contribution in [0.5, 0.6) is 0 Å². The van der Waals surface area contributed by atoms with Crippen molar-refractivity contribution < 1.29 is 19.2 Å². The molecule has 0 saturated heterocycles. The molecular formula is C18H19FN2O4. The molecule has 2 N–H and O–H groups in total. The fourth-order valence-corrected chi connectivity index (χ4v) is 2.58. The first-order valence-corrected chi connectivity index (χ1v) is 7.78. The molecule has 25 heavy (non-hydrogen) atoms. The van der Waals surface area contributed by atoms with E-state index in [0.717, 1.165) is 0 Å². The van der Waals surface area contributed by atoms with Gasteiger partial charge in [0.25, 0.3) is 11.6 Å². The molecule has 0 fully saturated rings. The second-order valence-electron chi connectivity index (χ2n) is 5.88. The van der Waals surface area contributed by atoms with Crippen LogP contribution in [-0.2, 0) is 0 Å². The molecule has 0 aliphatic rings. The van der Waals surface area contributed by atoms with E-state index in [-0.39, 0.29) is 29.3 Å². The Morgan fingerprint density at radius 1 is 1.28 bits per heavy atom. The minimum atomic E-state index is -0.859. The maximum Gasteiger partial charge on any atom is 0.273 e. The molecule has 1 amide bonds. The molecule has 2 aromatic rings. The van der Waals surface area contributed by atoms with Gasteiger partial charge in [0.1, 0.15) is 5.82 Å². The fourth-order valence-electron chi connectivity index (χ4n) is 2.58. The summed E-state index contributed by atoms with van der Waals surface area (Å²) in [5.74, 6) is -0.835. The van der Waals surface area contributed by atoms with E-state index in [0.29, 0.717) is 5.56 Å². The smallest absolute Gasteiger partial charge is 0.273 e. The number of nitro benzene ring substituents is 1. The quantitative estimate of drug-likeness (QED) is 0.620. The second-order valence-corrected chi connectivity index (χ2v) is 5.88. The zero-order valence-electron chi connectivity index (χ0n) is 13.9. The maximum absolute atomic E-state index is 12.9. The molecule has 6 nitrogen and oxygen atoms in total. The third-order valence-corrected chi connectivity index (χ3v) is 3.96. The summed E-state index contributed by atoms with van der Waals surface area (Å²) in [5.41, 5.74) is 0.939. The molecule has 0 aromatic heterocycles. The largest absolute Gasteiger partial charge is 0.388 e. The van der Waals surface area contributed by atoms with E-state index in [4.69, 9.17) is 0 Å². The Balaban J connectivity index is 2.04. The van der Waals surface area contributed by atoms with Crippen molar-refractivity contribution >= 4 is 11.6 Å². The molecule has 0 spiro atoms. The molecule has 0 saturated carbocycles. The van der Waals surface area contributed by atoms with Crippen LogP contribution in [0.1, 0.15) is 40.9 Å². The molecule has 0 aliphatic carbocycles. The van der Waals surface area contributed by atoms with Crippen molar-refractivity contribution in [2.24, 2.45) is 0 Å². The molecule has 2 rings (SSSR count). The highest BCUT2D eigenvalue weighted by molar-refractivity contribution is 5.96. The van der Waals surface area contributed by atoms with Crippen molar-refractivity contribution in [3.63, 3.8) is 0 Å². The van der Waals surface area contributed by atoms with Gasteiger partial charge < -0.3 is 10.4 Å². The lowest BCUT2D eigenvalue weighted by Gasteiger charge is -2.19. The van der Waals surface area contributed by atoms with Gasteiger partial charge >= 0.3 is 0 Å². The highest BCUT2D eigenvalue weighted by Crippen LogP contribution is 2.22. The second kappa shape index (κ2) is 7.85. The summed E-state index contributed by atoms with van der Waals surface area (Å²) in [5, 5.41) is 23.9. The van der Waals surface area contributed by atoms with Crippen LogP contribution in [0.2, 0.25) is 0 Å². The first kappa shape index (κ1) is 18.5. The Labute approximate surface area is 144 Å². The number of hydrogen-bond acceptors (Lipinski definition) is 4. The molecule has 0 heterocycles. The Kier molecular flexibility index (Phi) is 5.82. The highest BCUT2D eigenvalue weighted by atomic mass is 19.1. The third-order valence-electron chi connectivity index (χ3n) is 3.96. The van der Waals surface area contributed by atoms with Crippen LogP contribution < -0.4 is 5.32 Å². The molecule has 7 heteroatoms. The summed E-state index contributed by atoms with van der Waals surface area (Å²) < 4.78 is 12.9. The summed E-state index contributed by atoms with van der Waals surface area (Å²) in [6.45, 7) is 3.24. The lowest BCUT2D eigenvalue weighted by Crippen LogP contribution is -2.34. The van der Waals surface area contributed by atoms with Crippen molar-refractivity contribution in [2.75, 3.05) is 0 Å². The van der Waals surface area contributed by atoms with Gasteiger partial charge in [-0.15, -0.1) is 0 Å². The van der Waals surface area contributed by atoms with Gasteiger partial charge in [0.05, 0.1) is 11.0 Å². The van der Waals surface area contributed by atoms with Crippen molar-refractivity contribution in [1.29, 1.82) is 0 Å². The average Bonchev–Trinajstić information content (AvgIpc) is 2.54. The number of aliphatic hydroxyl groups is 1. The lowest BCUT2D eigenvalue weighted by molar-refractivity contribution is -0.385. The van der Waals surface area contributed by atoms with Gasteiger partial charge in [0, 0.05) is 23.2 Å². The predicted molar refractivity (Wildman–Crippen MR) is 90.7 cm³/mol. The Morgan fingerprint density at radius 3 is 2.52 bits per heavy atom. The SMILES string of the molecule is Cc1c(C(=O)N[C@H](C)C[C@H](O)c2ccc(F)cc2)cccc1[N+](=O)[O-]. The van der Waals surface area contributed by atoms with Crippen LogP contribution in [0.15, 0.2) is 42.5 Å². The van der Waals surface area contributed by atoms with Crippen molar-refractivity contribution in [1.82, 2.24) is 5.32 Å². The van der Waals surface area contributed by atoms with Crippen molar-refractivity contribution in [3.05, 3.63) is 75.1 Å². The van der Waals surface area contributed by atoms with Crippen LogP contribution in [-0.4, -0.2) is 22.0 Å². The molecule has 0 aliphatic heterocycles. The van der Waals surface area contributed by atoms with Crippen LogP contribution >= 0.6 is 0 Å². The van der Waals surface area contributed by atoms with Crippen molar-refractivity contribution in [2.45, 2.75) is 32.4 Å². The van der Waals surface area contributed by atoms with Crippen molar-refractivity contribution in [3.8, 4) is 0 Å². The van der Waals surface area contributed by atoms with Gasteiger partial charge in [-0.1, -0.05) is 18.2 Å². The number of nitrogens with one attached hydrogen (secondary N) is 1. The standard InChI is InChI=1S/C18H19FN2O4/c1-11(10-17(22)13-6-8-14(19)9-7-13)20-18(23)15-4-3-5-16(12(15)2)21(24)25/h3-9,11,17,22H,10H2,1-2H3,(H,20,23)/t11-,17+/m1/s1. The van der Waals surface area contributed by atoms with Gasteiger partial charge in [-0.05, 0) is 44.0 Å². The zero-order chi connectivity index (χ0) is 18.6. The minimum Gasteiger partial charge on any atom is -0.388 e. The predicted octanol–water partition coefficient (Wildman–Crippen LogP) is 3.28. The lowest BCUT2D eigenvalue weighted by atomic mass is 10.0. The van der Waals surface area contributed by atoms with Gasteiger partial charge in [-0.3, -0.25) is 14.9 Å². The number of rotatable bonds is 6. The van der Waals surface area contributed by atoms with Crippen LogP contribution in [0.25, 0.3) is 0 Å². The first-order chi connectivity index (χ1) is 11.8. The van der Waals surface area contributed by atoms with Gasteiger partial charge in [-0.2, -0.15) is 0 Å². The average molecular weight is 346 g/mol. The molecule has 0 bridgehead atoms. The number of nitro groups is 1. The van der Waals surface area contributed by atoms with E-state index in [1.165, 1.54) is 49.4 Å². The summed E-state index contributed by atoms with van der Waals surface area (Å²) in [6.07, 6.45) is -0.632. The number of aliphatic hydroxyl groups excluding tert-OH is 1. The van der Waals surface area contributed by atoms with E-state index in [1.807, 2.05) is 0 Å². The monoisotopic (exact) mass is 346 g/mol.